The molecule has 1 aromatic heterocycles. The first-order chi connectivity index (χ1) is 15.6. The second-order valence-electron chi connectivity index (χ2n) is 9.91. The topological polar surface area (TPSA) is 82.3 Å². The summed E-state index contributed by atoms with van der Waals surface area (Å²) < 4.78 is 41.9. The molecule has 2 aromatic carbocycles. The molecule has 0 aliphatic carbocycles. The van der Waals surface area contributed by atoms with Crippen molar-refractivity contribution in [1.82, 2.24) is 15.3 Å². The zero-order valence-corrected chi connectivity index (χ0v) is 18.7. The molecule has 0 saturated carbocycles. The molecule has 3 aromatic rings. The predicted molar refractivity (Wildman–Crippen MR) is 120 cm³/mol. The number of rotatable bonds is 3. The number of benzene rings is 2. The molecule has 2 atom stereocenters. The third-order valence-electron chi connectivity index (χ3n) is 5.99. The van der Waals surface area contributed by atoms with E-state index in [1.165, 1.54) is 6.33 Å². The highest BCUT2D eigenvalue weighted by atomic mass is 19.3. The Hall–Kier alpha value is -3.10. The van der Waals surface area contributed by atoms with Crippen LogP contribution in [0.25, 0.3) is 11.1 Å². The Morgan fingerprint density at radius 1 is 1.06 bits per heavy atom. The lowest BCUT2D eigenvalue weighted by atomic mass is 9.77. The van der Waals surface area contributed by atoms with Crippen molar-refractivity contribution in [2.24, 2.45) is 11.1 Å². The Kier molecular flexibility index (Phi) is 4.91. The van der Waals surface area contributed by atoms with Crippen LogP contribution in [0.2, 0.25) is 0 Å². The van der Waals surface area contributed by atoms with Gasteiger partial charge < -0.3 is 15.2 Å². The molecule has 5 rings (SSSR count). The molecule has 1 spiro atoms. The number of halogens is 2. The van der Waals surface area contributed by atoms with E-state index in [2.05, 4.69) is 36.1 Å². The molecule has 3 heterocycles. The number of fused-ring (bicyclic) bond motifs is 4. The Labute approximate surface area is 191 Å². The van der Waals surface area contributed by atoms with Gasteiger partial charge in [0.25, 0.3) is 5.92 Å². The summed E-state index contributed by atoms with van der Waals surface area (Å²) in [5.41, 5.74) is 7.34. The van der Waals surface area contributed by atoms with E-state index in [0.717, 1.165) is 11.1 Å². The Morgan fingerprint density at radius 2 is 1.73 bits per heavy atom. The monoisotopic (exact) mass is 452 g/mol. The number of hydrogen-bond donors (Lipinski definition) is 2. The molecule has 3 N–H and O–H groups in total. The van der Waals surface area contributed by atoms with Crippen LogP contribution in [0.15, 0.2) is 55.1 Å². The van der Waals surface area contributed by atoms with Gasteiger partial charge in [-0.05, 0) is 41.3 Å². The fourth-order valence-electron chi connectivity index (χ4n) is 4.40. The van der Waals surface area contributed by atoms with Gasteiger partial charge in [-0.15, -0.1) is 0 Å². The first-order valence-corrected chi connectivity index (χ1v) is 10.8. The first-order valence-electron chi connectivity index (χ1n) is 10.8. The fourth-order valence-corrected chi connectivity index (χ4v) is 4.40. The molecule has 2 aliphatic heterocycles. The molecule has 172 valence electrons. The van der Waals surface area contributed by atoms with Gasteiger partial charge in [0.15, 0.2) is 0 Å². The van der Waals surface area contributed by atoms with Crippen LogP contribution in [0.1, 0.15) is 38.3 Å². The molecule has 2 unspecified atom stereocenters. The average Bonchev–Trinajstić information content (AvgIpc) is 3.02. The number of ether oxygens (including phenoxy) is 2. The van der Waals surface area contributed by atoms with Crippen molar-refractivity contribution in [2.45, 2.75) is 44.8 Å². The van der Waals surface area contributed by atoms with Crippen molar-refractivity contribution in [2.75, 3.05) is 6.61 Å². The van der Waals surface area contributed by atoms with Crippen molar-refractivity contribution in [1.29, 1.82) is 0 Å². The minimum atomic E-state index is -3.11. The lowest BCUT2D eigenvalue weighted by Gasteiger charge is -2.38. The first kappa shape index (κ1) is 21.7. The van der Waals surface area contributed by atoms with Crippen LogP contribution in [-0.4, -0.2) is 28.7 Å². The normalized spacial score (nSPS) is 23.0. The minimum absolute atomic E-state index is 0.0513. The van der Waals surface area contributed by atoms with Gasteiger partial charge in [0, 0.05) is 35.5 Å². The number of aromatic nitrogens is 2. The maximum absolute atomic E-state index is 14.9. The summed E-state index contributed by atoms with van der Waals surface area (Å²) >= 11 is 0. The van der Waals surface area contributed by atoms with Gasteiger partial charge in [-0.3, -0.25) is 5.32 Å². The van der Waals surface area contributed by atoms with Gasteiger partial charge in [-0.25, -0.2) is 18.7 Å². The van der Waals surface area contributed by atoms with Crippen molar-refractivity contribution in [3.63, 3.8) is 0 Å². The molecule has 1 saturated heterocycles. The van der Waals surface area contributed by atoms with Crippen molar-refractivity contribution >= 4 is 0 Å². The zero-order chi connectivity index (χ0) is 23.4. The van der Waals surface area contributed by atoms with Gasteiger partial charge in [-0.1, -0.05) is 26.8 Å². The Balaban J connectivity index is 1.65. The molecule has 0 amide bonds. The van der Waals surface area contributed by atoms with Crippen molar-refractivity contribution in [3.8, 4) is 28.4 Å². The summed E-state index contributed by atoms with van der Waals surface area (Å²) in [6.07, 6.45) is 2.81. The van der Waals surface area contributed by atoms with Crippen molar-refractivity contribution < 1.29 is 18.3 Å². The Morgan fingerprint density at radius 3 is 2.36 bits per heavy atom. The predicted octanol–water partition coefficient (Wildman–Crippen LogP) is 4.83. The highest BCUT2D eigenvalue weighted by molar-refractivity contribution is 5.68. The number of nitrogens with two attached hydrogens (primary N) is 1. The summed E-state index contributed by atoms with van der Waals surface area (Å²) in [4.78, 5) is 8.14. The van der Waals surface area contributed by atoms with Crippen LogP contribution in [0.4, 0.5) is 8.78 Å². The van der Waals surface area contributed by atoms with Crippen LogP contribution in [0.3, 0.4) is 0 Å². The average molecular weight is 453 g/mol. The summed E-state index contributed by atoms with van der Waals surface area (Å²) in [6.45, 7) is 6.69. The smallest absolute Gasteiger partial charge is 0.278 e. The van der Waals surface area contributed by atoms with E-state index >= 15 is 0 Å². The van der Waals surface area contributed by atoms with Crippen LogP contribution in [0.5, 0.6) is 17.2 Å². The van der Waals surface area contributed by atoms with Crippen LogP contribution in [-0.2, 0) is 5.54 Å². The largest absolute Gasteiger partial charge is 0.493 e. The molecule has 1 fully saturated rings. The summed E-state index contributed by atoms with van der Waals surface area (Å²) in [6, 6.07) is 10.8. The SMILES string of the molecule is CC(C)(C)COc1ccc2c(c1)C1(CC(F)(F)C(N)N1)c1cc(-c3cncnc3)ccc1O2. The van der Waals surface area contributed by atoms with Gasteiger partial charge in [0.1, 0.15) is 29.7 Å². The van der Waals surface area contributed by atoms with Crippen LogP contribution in [0, 0.1) is 5.41 Å². The molecule has 6 nitrogen and oxygen atoms in total. The molecular formula is C25H26F2N4O2. The van der Waals surface area contributed by atoms with Gasteiger partial charge in [-0.2, -0.15) is 0 Å². The molecule has 8 heteroatoms. The molecule has 33 heavy (non-hydrogen) atoms. The van der Waals surface area contributed by atoms with Gasteiger partial charge in [0.2, 0.25) is 0 Å². The van der Waals surface area contributed by atoms with E-state index in [9.17, 15) is 8.78 Å². The fraction of sp³-hybridized carbons (Fsp3) is 0.360. The Bertz CT molecular complexity index is 1200. The van der Waals surface area contributed by atoms with Crippen molar-refractivity contribution in [3.05, 3.63) is 66.2 Å². The third-order valence-corrected chi connectivity index (χ3v) is 5.99. The summed E-state index contributed by atoms with van der Waals surface area (Å²) in [5, 5.41) is 3.01. The van der Waals surface area contributed by atoms with E-state index in [1.54, 1.807) is 36.7 Å². The highest BCUT2D eigenvalue weighted by Gasteiger charge is 2.59. The van der Waals surface area contributed by atoms with E-state index in [1.807, 2.05) is 12.1 Å². The third kappa shape index (κ3) is 3.83. The second kappa shape index (κ2) is 7.46. The number of nitrogens with zero attached hydrogens (tertiary/aromatic N) is 2. The van der Waals surface area contributed by atoms with Gasteiger partial charge >= 0.3 is 0 Å². The maximum atomic E-state index is 14.9. The van der Waals surface area contributed by atoms with E-state index in [0.29, 0.717) is 35.0 Å². The van der Waals surface area contributed by atoms with E-state index < -0.39 is 24.0 Å². The highest BCUT2D eigenvalue weighted by Crippen LogP contribution is 2.55. The number of nitrogens with one attached hydrogen (secondary N) is 1. The van der Waals surface area contributed by atoms with Crippen LogP contribution < -0.4 is 20.5 Å². The van der Waals surface area contributed by atoms with Crippen LogP contribution >= 0.6 is 0 Å². The van der Waals surface area contributed by atoms with E-state index in [4.69, 9.17) is 15.2 Å². The van der Waals surface area contributed by atoms with Gasteiger partial charge in [0.05, 0.1) is 12.1 Å². The molecular weight excluding hydrogens is 426 g/mol. The second-order valence-corrected chi connectivity index (χ2v) is 9.91. The number of hydrogen-bond acceptors (Lipinski definition) is 6. The molecule has 0 bridgehead atoms. The maximum Gasteiger partial charge on any atom is 0.278 e. The molecule has 2 aliphatic rings. The molecule has 0 radical (unpaired) electrons. The lowest BCUT2D eigenvalue weighted by Crippen LogP contribution is -2.48. The standard InChI is InChI=1S/C25H26F2N4O2/c1-23(2,3)13-32-17-5-7-21-19(9-17)24(12-25(26,27)22(28)31-24)18-8-15(4-6-20(18)33-21)16-10-29-14-30-11-16/h4-11,14,22,31H,12-13,28H2,1-3H3. The quantitative estimate of drug-likeness (QED) is 0.592. The minimum Gasteiger partial charge on any atom is -0.493 e. The van der Waals surface area contributed by atoms with E-state index in [-0.39, 0.29) is 5.41 Å². The zero-order valence-electron chi connectivity index (χ0n) is 18.7. The number of alkyl halides is 2. The summed E-state index contributed by atoms with van der Waals surface area (Å²) in [5.74, 6) is -1.52. The summed E-state index contributed by atoms with van der Waals surface area (Å²) in [7, 11) is 0. The lowest BCUT2D eigenvalue weighted by molar-refractivity contribution is -0.0124.